The highest BCUT2D eigenvalue weighted by molar-refractivity contribution is 5.85. The second-order valence-electron chi connectivity index (χ2n) is 11.4. The molecule has 2 saturated heterocycles. The number of piperazine rings is 1. The Kier molecular flexibility index (Phi) is 7.61. The van der Waals surface area contributed by atoms with Crippen LogP contribution in [0.2, 0.25) is 0 Å². The van der Waals surface area contributed by atoms with Gasteiger partial charge in [-0.1, -0.05) is 18.2 Å². The maximum absolute atomic E-state index is 14.0. The molecule has 0 spiro atoms. The number of carbonyl (C=O) groups is 1. The van der Waals surface area contributed by atoms with Crippen LogP contribution >= 0.6 is 0 Å². The molecule has 5 aromatic rings. The van der Waals surface area contributed by atoms with E-state index in [-0.39, 0.29) is 11.2 Å². The van der Waals surface area contributed by atoms with E-state index in [1.54, 1.807) is 18.2 Å². The highest BCUT2D eigenvalue weighted by atomic mass is 19.4. The first kappa shape index (κ1) is 29.2. The third kappa shape index (κ3) is 5.71. The van der Waals surface area contributed by atoms with Crippen LogP contribution in [-0.2, 0) is 22.3 Å². The highest BCUT2D eigenvalue weighted by Gasteiger charge is 2.40. The molecular weight excluding hydrogens is 589 g/mol. The number of carbonyl (C=O) groups excluding carboxylic acids is 1. The molecule has 6 heterocycles. The predicted octanol–water partition coefficient (Wildman–Crippen LogP) is 4.32. The summed E-state index contributed by atoms with van der Waals surface area (Å²) in [6.07, 6.45) is -0.746. The summed E-state index contributed by atoms with van der Waals surface area (Å²) >= 11 is 0. The van der Waals surface area contributed by atoms with E-state index >= 15 is 0 Å². The average molecular weight is 621 g/mol. The van der Waals surface area contributed by atoms with Gasteiger partial charge in [-0.3, -0.25) is 9.69 Å². The van der Waals surface area contributed by atoms with E-state index in [1.807, 2.05) is 30.3 Å². The van der Waals surface area contributed by atoms with E-state index in [0.717, 1.165) is 35.0 Å². The number of pyridine rings is 2. The molecule has 0 bridgehead atoms. The highest BCUT2D eigenvalue weighted by Crippen LogP contribution is 2.34. The summed E-state index contributed by atoms with van der Waals surface area (Å²) < 4.78 is 54.1. The van der Waals surface area contributed by atoms with Gasteiger partial charge < -0.3 is 23.9 Å². The van der Waals surface area contributed by atoms with Crippen molar-refractivity contribution < 1.29 is 27.4 Å². The van der Waals surface area contributed by atoms with E-state index in [0.29, 0.717) is 55.1 Å². The van der Waals surface area contributed by atoms with E-state index < -0.39 is 30.5 Å². The van der Waals surface area contributed by atoms with Crippen LogP contribution in [0.5, 0.6) is 5.88 Å². The molecule has 2 aliphatic heterocycles. The number of hydrogen-bond donors (Lipinski definition) is 1. The monoisotopic (exact) mass is 620 g/mol. The lowest BCUT2D eigenvalue weighted by molar-refractivity contribution is -0.148. The molecule has 1 aromatic carbocycles. The number of rotatable bonds is 7. The molecule has 7 rings (SSSR count). The number of para-hydroxylation sites is 1. The molecule has 1 N–H and O–H groups in total. The number of amides is 1. The van der Waals surface area contributed by atoms with Crippen LogP contribution in [0.25, 0.3) is 33.3 Å². The van der Waals surface area contributed by atoms with Crippen LogP contribution < -0.4 is 4.74 Å². The molecule has 0 saturated carbocycles. The van der Waals surface area contributed by atoms with Gasteiger partial charge in [-0.05, 0) is 36.6 Å². The number of nitrogens with one attached hydrogen (secondary N) is 1. The van der Waals surface area contributed by atoms with Gasteiger partial charge in [-0.15, -0.1) is 0 Å². The fourth-order valence-electron chi connectivity index (χ4n) is 6.28. The van der Waals surface area contributed by atoms with Crippen molar-refractivity contribution in [2.24, 2.45) is 5.92 Å². The second kappa shape index (κ2) is 11.7. The van der Waals surface area contributed by atoms with Crippen molar-refractivity contribution in [2.75, 3.05) is 46.5 Å². The first-order chi connectivity index (χ1) is 21.8. The van der Waals surface area contributed by atoms with Crippen LogP contribution in [0.15, 0.2) is 54.9 Å². The Morgan fingerprint density at radius 3 is 2.80 bits per heavy atom. The van der Waals surface area contributed by atoms with Crippen molar-refractivity contribution in [2.45, 2.75) is 25.2 Å². The number of aromatic amines is 1. The summed E-state index contributed by atoms with van der Waals surface area (Å²) in [5, 5.41) is 0.923. The lowest BCUT2D eigenvalue weighted by atomic mass is 10.1. The number of hydrogen-bond acceptors (Lipinski definition) is 8. The summed E-state index contributed by atoms with van der Waals surface area (Å²) in [5.74, 6) is -0.303. The van der Waals surface area contributed by atoms with Gasteiger partial charge in [0.1, 0.15) is 18.4 Å². The number of H-pyrrole nitrogens is 1. The number of ether oxygens (including phenoxy) is 2. The van der Waals surface area contributed by atoms with Crippen molar-refractivity contribution in [1.82, 2.24) is 39.3 Å². The lowest BCUT2D eigenvalue weighted by Gasteiger charge is -2.41. The van der Waals surface area contributed by atoms with E-state index in [4.69, 9.17) is 9.47 Å². The molecule has 2 aliphatic rings. The molecule has 4 aromatic heterocycles. The SMILES string of the molecule is COc1nc2ccccc2cc1-c1cnc([C@@H]2CN(CC3CCOC3)CCN2C(=O)Cn2c(C(F)(F)F)nc3ncccc32)[nH]1. The van der Waals surface area contributed by atoms with Crippen molar-refractivity contribution in [3.05, 3.63) is 66.5 Å². The number of imidazole rings is 2. The molecule has 0 aliphatic carbocycles. The van der Waals surface area contributed by atoms with E-state index in [1.165, 1.54) is 18.3 Å². The molecule has 1 unspecified atom stereocenters. The minimum Gasteiger partial charge on any atom is -0.480 e. The summed E-state index contributed by atoms with van der Waals surface area (Å²) in [5.41, 5.74) is 2.22. The Morgan fingerprint density at radius 2 is 2.00 bits per heavy atom. The van der Waals surface area contributed by atoms with Crippen molar-refractivity contribution >= 4 is 28.0 Å². The third-order valence-corrected chi connectivity index (χ3v) is 8.48. The maximum Gasteiger partial charge on any atom is 0.449 e. The number of methoxy groups -OCH3 is 1. The van der Waals surface area contributed by atoms with Gasteiger partial charge in [0.15, 0.2) is 5.65 Å². The fraction of sp³-hybridized carbons (Fsp3) is 0.387. The zero-order valence-electron chi connectivity index (χ0n) is 24.5. The Bertz CT molecular complexity index is 1850. The van der Waals surface area contributed by atoms with Gasteiger partial charge in [0.05, 0.1) is 42.2 Å². The van der Waals surface area contributed by atoms with Crippen LogP contribution in [0.3, 0.4) is 0 Å². The molecule has 0 radical (unpaired) electrons. The largest absolute Gasteiger partial charge is 0.480 e. The molecule has 1 amide bonds. The standard InChI is InChI=1S/C31H31F3N8O3/c1-44-29-21(13-20-5-2-3-6-22(20)38-29)23-14-36-28(37-23)25-16-40(15-19-8-12-45-18-19)10-11-41(25)26(43)17-42-24-7-4-9-35-27(24)39-30(42)31(32,33)34/h2-7,9,13-14,19,25H,8,10-12,15-18H2,1H3,(H,36,37)/t19?,25-/m0/s1. The van der Waals surface area contributed by atoms with Crippen molar-refractivity contribution in [3.8, 4) is 17.1 Å². The number of halogens is 3. The normalized spacial score (nSPS) is 19.5. The van der Waals surface area contributed by atoms with Gasteiger partial charge in [-0.25, -0.2) is 19.9 Å². The van der Waals surface area contributed by atoms with E-state index in [2.05, 4.69) is 29.8 Å². The number of fused-ring (bicyclic) bond motifs is 2. The fourth-order valence-corrected chi connectivity index (χ4v) is 6.28. The molecule has 11 nitrogen and oxygen atoms in total. The third-order valence-electron chi connectivity index (χ3n) is 8.48. The minimum atomic E-state index is -4.76. The molecule has 14 heteroatoms. The molecule has 234 valence electrons. The summed E-state index contributed by atoms with van der Waals surface area (Å²) in [4.78, 5) is 38.2. The average Bonchev–Trinajstić information content (AvgIpc) is 3.81. The molecule has 2 fully saturated rings. The molecular formula is C31H31F3N8O3. The van der Waals surface area contributed by atoms with Gasteiger partial charge >= 0.3 is 6.18 Å². The van der Waals surface area contributed by atoms with Gasteiger partial charge in [0.2, 0.25) is 17.6 Å². The van der Waals surface area contributed by atoms with Gasteiger partial charge in [0.25, 0.3) is 0 Å². The van der Waals surface area contributed by atoms with Gasteiger partial charge in [-0.2, -0.15) is 13.2 Å². The van der Waals surface area contributed by atoms with Gasteiger partial charge in [0, 0.05) is 44.4 Å². The van der Waals surface area contributed by atoms with Crippen LogP contribution in [0, 0.1) is 5.92 Å². The number of alkyl halides is 3. The van der Waals surface area contributed by atoms with Crippen LogP contribution in [-0.4, -0.2) is 91.7 Å². The van der Waals surface area contributed by atoms with Crippen LogP contribution in [0.1, 0.15) is 24.1 Å². The maximum atomic E-state index is 14.0. The molecule has 2 atom stereocenters. The number of nitrogens with zero attached hydrogens (tertiary/aromatic N) is 7. The second-order valence-corrected chi connectivity index (χ2v) is 11.4. The smallest absolute Gasteiger partial charge is 0.449 e. The first-order valence-electron chi connectivity index (χ1n) is 14.8. The van der Waals surface area contributed by atoms with Crippen molar-refractivity contribution in [3.63, 3.8) is 0 Å². The van der Waals surface area contributed by atoms with Crippen LogP contribution in [0.4, 0.5) is 13.2 Å². The van der Waals surface area contributed by atoms with E-state index in [9.17, 15) is 18.0 Å². The predicted molar refractivity (Wildman–Crippen MR) is 158 cm³/mol. The molecule has 45 heavy (non-hydrogen) atoms. The zero-order chi connectivity index (χ0) is 31.1. The Hall–Kier alpha value is -4.56. The number of benzene rings is 1. The Labute approximate surface area is 256 Å². The topological polar surface area (TPSA) is 114 Å². The summed E-state index contributed by atoms with van der Waals surface area (Å²) in [6, 6.07) is 12.1. The Morgan fingerprint density at radius 1 is 1.13 bits per heavy atom. The summed E-state index contributed by atoms with van der Waals surface area (Å²) in [6.45, 7) is 3.02. The summed E-state index contributed by atoms with van der Waals surface area (Å²) in [7, 11) is 1.55. The lowest BCUT2D eigenvalue weighted by Crippen LogP contribution is -2.52. The minimum absolute atomic E-state index is 0.0635. The first-order valence-corrected chi connectivity index (χ1v) is 14.8. The quantitative estimate of drug-likeness (QED) is 0.286. The van der Waals surface area contributed by atoms with Crippen molar-refractivity contribution in [1.29, 1.82) is 0 Å². The number of aromatic nitrogens is 6. The Balaban J connectivity index is 1.22. The zero-order valence-corrected chi connectivity index (χ0v) is 24.5.